The minimum absolute atomic E-state index is 0.0438. The number of benzene rings is 3. The molecule has 0 radical (unpaired) electrons. The van der Waals surface area contributed by atoms with Gasteiger partial charge in [0.2, 0.25) is 11.8 Å². The minimum atomic E-state index is -0.523. The van der Waals surface area contributed by atoms with Crippen LogP contribution in [0, 0.1) is 0 Å². The number of hydrogen-bond acceptors (Lipinski definition) is 7. The molecule has 2 amide bonds. The molecule has 1 saturated heterocycles. The number of carbonyl (C=O) groups excluding carboxylic acids is 2. The summed E-state index contributed by atoms with van der Waals surface area (Å²) < 4.78 is 21.1. The van der Waals surface area contributed by atoms with Crippen LogP contribution in [0.2, 0.25) is 0 Å². The van der Waals surface area contributed by atoms with Crippen molar-refractivity contribution in [1.82, 2.24) is 4.90 Å². The van der Waals surface area contributed by atoms with Crippen molar-refractivity contribution in [2.45, 2.75) is 62.0 Å². The molecule has 6 rings (SSSR count). The van der Waals surface area contributed by atoms with Crippen molar-refractivity contribution in [2.24, 2.45) is 0 Å². The second-order valence-corrected chi connectivity index (χ2v) is 12.1. The minimum Gasteiger partial charge on any atom is -0.497 e. The van der Waals surface area contributed by atoms with E-state index in [2.05, 4.69) is 10.8 Å². The summed E-state index contributed by atoms with van der Waals surface area (Å²) in [4.78, 5) is 30.9. The summed E-state index contributed by atoms with van der Waals surface area (Å²) in [6, 6.07) is 19.9. The van der Waals surface area contributed by atoms with Crippen LogP contribution in [0.15, 0.2) is 65.6 Å². The van der Waals surface area contributed by atoms with E-state index in [9.17, 15) is 9.59 Å². The Morgan fingerprint density at radius 2 is 1.74 bits per heavy atom. The molecule has 8 nitrogen and oxygen atoms in total. The first-order valence-electron chi connectivity index (χ1n) is 14.5. The molecule has 0 aromatic heterocycles. The molecule has 2 aliphatic heterocycles. The van der Waals surface area contributed by atoms with E-state index in [1.54, 1.807) is 21.1 Å². The smallest absolute Gasteiger partial charge is 0.238 e. The number of rotatable bonds is 9. The van der Waals surface area contributed by atoms with Gasteiger partial charge in [0.15, 0.2) is 0 Å². The summed E-state index contributed by atoms with van der Waals surface area (Å²) in [6.45, 7) is 3.41. The van der Waals surface area contributed by atoms with Gasteiger partial charge in [0.25, 0.3) is 0 Å². The number of para-hydroxylation sites is 1. The lowest BCUT2D eigenvalue weighted by Crippen LogP contribution is -2.44. The van der Waals surface area contributed by atoms with Crippen LogP contribution in [0.25, 0.3) is 0 Å². The highest BCUT2D eigenvalue weighted by molar-refractivity contribution is 8.00. The summed E-state index contributed by atoms with van der Waals surface area (Å²) >= 11 is 1.48. The lowest BCUT2D eigenvalue weighted by Gasteiger charge is -2.37. The fourth-order valence-electron chi connectivity index (χ4n) is 6.24. The number of methoxy groups -OCH3 is 2. The van der Waals surface area contributed by atoms with E-state index in [4.69, 9.17) is 14.2 Å². The van der Waals surface area contributed by atoms with Gasteiger partial charge < -0.3 is 28.7 Å². The molecular weight excluding hydrogens is 550 g/mol. The third-order valence-corrected chi connectivity index (χ3v) is 9.65. The Morgan fingerprint density at radius 1 is 1.00 bits per heavy atom. The van der Waals surface area contributed by atoms with Gasteiger partial charge in [-0.1, -0.05) is 30.7 Å². The molecule has 1 spiro atoms. The number of fused-ring (bicyclic) bond motifs is 2. The van der Waals surface area contributed by atoms with Crippen molar-refractivity contribution in [3.63, 3.8) is 0 Å². The molecule has 3 aromatic rings. The number of ether oxygens (including phenoxy) is 3. The number of anilines is 2. The van der Waals surface area contributed by atoms with Crippen molar-refractivity contribution in [3.8, 4) is 17.2 Å². The van der Waals surface area contributed by atoms with Crippen LogP contribution in [0.5, 0.6) is 17.2 Å². The topological polar surface area (TPSA) is 80.3 Å². The SMILES string of the molecule is COc1ccc(CN2C(=O)C3(CCC3)c3cc(NSc4ccccc4OC)cc(OC4CCN(C(C)=O)CC4)c32)cc1. The zero-order valence-corrected chi connectivity index (χ0v) is 25.2. The summed E-state index contributed by atoms with van der Waals surface area (Å²) in [5, 5.41) is 0. The van der Waals surface area contributed by atoms with Gasteiger partial charge in [-0.25, -0.2) is 0 Å². The molecule has 0 unspecified atom stereocenters. The molecule has 2 heterocycles. The average Bonchev–Trinajstić information content (AvgIpc) is 3.24. The predicted octanol–water partition coefficient (Wildman–Crippen LogP) is 6.18. The summed E-state index contributed by atoms with van der Waals surface area (Å²) in [7, 11) is 3.32. The van der Waals surface area contributed by atoms with Crippen molar-refractivity contribution >= 4 is 35.1 Å². The Hall–Kier alpha value is -3.85. The fraction of sp³-hybridized carbons (Fsp3) is 0.394. The molecule has 1 N–H and O–H groups in total. The quantitative estimate of drug-likeness (QED) is 0.300. The zero-order chi connectivity index (χ0) is 29.3. The number of carbonyl (C=O) groups is 2. The molecule has 1 aliphatic carbocycles. The van der Waals surface area contributed by atoms with Crippen molar-refractivity contribution in [3.05, 3.63) is 71.8 Å². The highest BCUT2D eigenvalue weighted by Gasteiger charge is 2.55. The van der Waals surface area contributed by atoms with Crippen molar-refractivity contribution in [2.75, 3.05) is 36.9 Å². The highest BCUT2D eigenvalue weighted by atomic mass is 32.2. The summed E-state index contributed by atoms with van der Waals surface area (Å²) in [5.41, 5.74) is 3.30. The van der Waals surface area contributed by atoms with Crippen LogP contribution in [0.3, 0.4) is 0 Å². The lowest BCUT2D eigenvalue weighted by molar-refractivity contribution is -0.130. The molecule has 220 valence electrons. The summed E-state index contributed by atoms with van der Waals surface area (Å²) in [5.74, 6) is 2.53. The van der Waals surface area contributed by atoms with E-state index < -0.39 is 5.41 Å². The number of hydrogen-bond donors (Lipinski definition) is 1. The molecule has 42 heavy (non-hydrogen) atoms. The number of amides is 2. The van der Waals surface area contributed by atoms with Gasteiger partial charge in [-0.3, -0.25) is 9.59 Å². The maximum absolute atomic E-state index is 14.2. The number of likely N-dealkylation sites (tertiary alicyclic amines) is 1. The molecule has 2 fully saturated rings. The summed E-state index contributed by atoms with van der Waals surface area (Å²) in [6.07, 6.45) is 4.14. The van der Waals surface area contributed by atoms with Gasteiger partial charge in [-0.2, -0.15) is 0 Å². The monoisotopic (exact) mass is 587 g/mol. The number of piperidine rings is 1. The normalized spacial score (nSPS) is 17.5. The van der Waals surface area contributed by atoms with E-state index in [0.717, 1.165) is 71.0 Å². The van der Waals surface area contributed by atoms with E-state index >= 15 is 0 Å². The zero-order valence-electron chi connectivity index (χ0n) is 24.4. The number of nitrogens with one attached hydrogen (secondary N) is 1. The Morgan fingerprint density at radius 3 is 2.38 bits per heavy atom. The first-order valence-corrected chi connectivity index (χ1v) is 15.3. The maximum Gasteiger partial charge on any atom is 0.238 e. The van der Waals surface area contributed by atoms with Crippen LogP contribution < -0.4 is 23.8 Å². The maximum atomic E-state index is 14.2. The van der Waals surface area contributed by atoms with Gasteiger partial charge in [0, 0.05) is 44.6 Å². The van der Waals surface area contributed by atoms with Gasteiger partial charge in [0.1, 0.15) is 23.4 Å². The third kappa shape index (κ3) is 5.26. The van der Waals surface area contributed by atoms with Crippen LogP contribution in [0.1, 0.15) is 50.2 Å². The second kappa shape index (κ2) is 11.8. The van der Waals surface area contributed by atoms with Gasteiger partial charge in [-0.15, -0.1) is 0 Å². The van der Waals surface area contributed by atoms with Gasteiger partial charge in [0.05, 0.1) is 36.8 Å². The second-order valence-electron chi connectivity index (χ2n) is 11.2. The molecule has 9 heteroatoms. The van der Waals surface area contributed by atoms with Crippen LogP contribution >= 0.6 is 11.9 Å². The Bertz CT molecular complexity index is 1470. The first kappa shape index (κ1) is 28.3. The van der Waals surface area contributed by atoms with Crippen LogP contribution in [0.4, 0.5) is 11.4 Å². The molecule has 3 aliphatic rings. The number of nitrogens with zero attached hydrogens (tertiary/aromatic N) is 2. The molecule has 1 saturated carbocycles. The van der Waals surface area contributed by atoms with Crippen LogP contribution in [-0.2, 0) is 21.5 Å². The van der Waals surface area contributed by atoms with E-state index in [1.807, 2.05) is 64.4 Å². The third-order valence-electron chi connectivity index (χ3n) is 8.75. The Labute approximate surface area is 251 Å². The van der Waals surface area contributed by atoms with Crippen molar-refractivity contribution in [1.29, 1.82) is 0 Å². The average molecular weight is 588 g/mol. The standard InChI is InChI=1S/C33H37N3O5S/c1-22(37)35-17-13-26(14-18-35)41-29-20-24(34-42-30-8-5-4-7-28(30)40-3)19-27-31(29)36(32(38)33(27)15-6-16-33)21-23-9-11-25(39-2)12-10-23/h4-5,7-12,19-20,26,34H,6,13-18,21H2,1-3H3. The lowest BCUT2D eigenvalue weighted by atomic mass is 9.65. The molecule has 0 bridgehead atoms. The van der Waals surface area contributed by atoms with E-state index in [0.29, 0.717) is 25.4 Å². The molecule has 3 aromatic carbocycles. The van der Waals surface area contributed by atoms with E-state index in [-0.39, 0.29) is 17.9 Å². The van der Waals surface area contributed by atoms with Gasteiger partial charge in [-0.05, 0) is 66.2 Å². The Kier molecular flexibility index (Phi) is 7.94. The fourth-order valence-corrected chi connectivity index (χ4v) is 6.98. The Balaban J connectivity index is 1.36. The van der Waals surface area contributed by atoms with Crippen LogP contribution in [-0.4, -0.2) is 50.1 Å². The van der Waals surface area contributed by atoms with Crippen molar-refractivity contribution < 1.29 is 23.8 Å². The highest BCUT2D eigenvalue weighted by Crippen LogP contribution is 2.57. The first-order chi connectivity index (χ1) is 20.4. The largest absolute Gasteiger partial charge is 0.497 e. The van der Waals surface area contributed by atoms with E-state index in [1.165, 1.54) is 11.9 Å². The molecule has 0 atom stereocenters. The molecular formula is C33H37N3O5S. The van der Waals surface area contributed by atoms with Gasteiger partial charge >= 0.3 is 0 Å². The predicted molar refractivity (Wildman–Crippen MR) is 165 cm³/mol.